The zero-order valence-electron chi connectivity index (χ0n) is 7.46. The van der Waals surface area contributed by atoms with Crippen molar-refractivity contribution >= 4 is 17.7 Å². The Balaban J connectivity index is 2.89. The molecule has 1 aromatic carbocycles. The highest BCUT2D eigenvalue weighted by Crippen LogP contribution is 2.25. The van der Waals surface area contributed by atoms with Crippen molar-refractivity contribution in [1.29, 1.82) is 0 Å². The third-order valence-corrected chi connectivity index (χ3v) is 1.92. The summed E-state index contributed by atoms with van der Waals surface area (Å²) in [4.78, 5) is 0. The van der Waals surface area contributed by atoms with Gasteiger partial charge in [-0.2, -0.15) is 0 Å². The molecule has 0 unspecified atom stereocenters. The van der Waals surface area contributed by atoms with Gasteiger partial charge < -0.3 is 10.5 Å². The first-order valence-corrected chi connectivity index (χ1v) is 4.36. The van der Waals surface area contributed by atoms with E-state index in [0.29, 0.717) is 17.3 Å². The summed E-state index contributed by atoms with van der Waals surface area (Å²) in [6.45, 7) is 0.531. The van der Waals surface area contributed by atoms with Crippen LogP contribution in [-0.4, -0.2) is 13.7 Å². The van der Waals surface area contributed by atoms with Gasteiger partial charge in [-0.25, -0.2) is 0 Å². The van der Waals surface area contributed by atoms with Crippen LogP contribution in [0.3, 0.4) is 0 Å². The maximum absolute atomic E-state index is 5.92. The van der Waals surface area contributed by atoms with Gasteiger partial charge in [0.2, 0.25) is 0 Å². The number of hydrogen-bond donors (Lipinski definition) is 1. The molecule has 0 bridgehead atoms. The molecule has 1 aromatic rings. The average Bonchev–Trinajstić information content (AvgIpc) is 2.15. The van der Waals surface area contributed by atoms with Gasteiger partial charge in [-0.15, -0.1) is 0 Å². The molecular formula is C10H12ClNO. The quantitative estimate of drug-likeness (QED) is 0.807. The van der Waals surface area contributed by atoms with Crippen molar-refractivity contribution in [2.24, 2.45) is 5.73 Å². The summed E-state index contributed by atoms with van der Waals surface area (Å²) in [6, 6.07) is 5.60. The fourth-order valence-electron chi connectivity index (χ4n) is 0.990. The fourth-order valence-corrected chi connectivity index (χ4v) is 1.26. The molecule has 0 spiro atoms. The van der Waals surface area contributed by atoms with E-state index >= 15 is 0 Å². The van der Waals surface area contributed by atoms with Crippen LogP contribution in [0, 0.1) is 0 Å². The van der Waals surface area contributed by atoms with E-state index in [-0.39, 0.29) is 0 Å². The smallest absolute Gasteiger partial charge is 0.137 e. The van der Waals surface area contributed by atoms with Crippen molar-refractivity contribution in [3.63, 3.8) is 0 Å². The molecule has 1 rings (SSSR count). The van der Waals surface area contributed by atoms with Crippen molar-refractivity contribution in [1.82, 2.24) is 0 Å². The van der Waals surface area contributed by atoms with Gasteiger partial charge in [0.05, 0.1) is 12.1 Å². The largest absolute Gasteiger partial charge is 0.495 e. The van der Waals surface area contributed by atoms with E-state index in [1.807, 2.05) is 30.4 Å². The molecule has 0 radical (unpaired) electrons. The Labute approximate surface area is 83.0 Å². The van der Waals surface area contributed by atoms with E-state index < -0.39 is 0 Å². The highest BCUT2D eigenvalue weighted by molar-refractivity contribution is 6.32. The topological polar surface area (TPSA) is 35.2 Å². The fraction of sp³-hybridized carbons (Fsp3) is 0.200. The second-order valence-electron chi connectivity index (χ2n) is 2.53. The predicted octanol–water partition coefficient (Wildman–Crippen LogP) is 2.32. The van der Waals surface area contributed by atoms with Gasteiger partial charge in [-0.1, -0.05) is 29.8 Å². The Bertz CT molecular complexity index is 310. The van der Waals surface area contributed by atoms with E-state index in [1.54, 1.807) is 7.11 Å². The zero-order chi connectivity index (χ0) is 9.68. The summed E-state index contributed by atoms with van der Waals surface area (Å²) in [7, 11) is 1.59. The van der Waals surface area contributed by atoms with Gasteiger partial charge in [-0.3, -0.25) is 0 Å². The molecule has 70 valence electrons. The Morgan fingerprint density at radius 3 is 2.85 bits per heavy atom. The lowest BCUT2D eigenvalue weighted by Gasteiger charge is -2.02. The first-order chi connectivity index (χ1) is 6.27. The van der Waals surface area contributed by atoms with Gasteiger partial charge in [0.1, 0.15) is 5.75 Å². The highest BCUT2D eigenvalue weighted by Gasteiger charge is 1.98. The molecule has 2 nitrogen and oxygen atoms in total. The molecule has 0 fully saturated rings. The first-order valence-electron chi connectivity index (χ1n) is 3.98. The van der Waals surface area contributed by atoms with E-state index in [9.17, 15) is 0 Å². The molecule has 13 heavy (non-hydrogen) atoms. The Morgan fingerprint density at radius 1 is 1.54 bits per heavy atom. The maximum Gasteiger partial charge on any atom is 0.137 e. The molecule has 0 aliphatic rings. The van der Waals surface area contributed by atoms with Crippen LogP contribution in [0.5, 0.6) is 5.75 Å². The maximum atomic E-state index is 5.92. The normalized spacial score (nSPS) is 10.7. The highest BCUT2D eigenvalue weighted by atomic mass is 35.5. The van der Waals surface area contributed by atoms with Gasteiger partial charge in [0, 0.05) is 6.54 Å². The molecule has 0 aliphatic heterocycles. The van der Waals surface area contributed by atoms with Crippen molar-refractivity contribution < 1.29 is 4.74 Å². The van der Waals surface area contributed by atoms with Gasteiger partial charge in [0.15, 0.2) is 0 Å². The summed E-state index contributed by atoms with van der Waals surface area (Å²) in [5.41, 5.74) is 6.35. The molecule has 3 heteroatoms. The Kier molecular flexibility index (Phi) is 3.80. The lowest BCUT2D eigenvalue weighted by molar-refractivity contribution is 0.415. The molecule has 0 amide bonds. The van der Waals surface area contributed by atoms with Crippen LogP contribution in [0.15, 0.2) is 24.3 Å². The van der Waals surface area contributed by atoms with Crippen molar-refractivity contribution in [3.8, 4) is 5.75 Å². The molecule has 0 saturated heterocycles. The number of nitrogens with two attached hydrogens (primary N) is 1. The minimum Gasteiger partial charge on any atom is -0.495 e. The SMILES string of the molecule is COc1ccc(/C=C/CN)cc1Cl. The Morgan fingerprint density at radius 2 is 2.31 bits per heavy atom. The Hall–Kier alpha value is -0.990. The van der Waals surface area contributed by atoms with Crippen LogP contribution >= 0.6 is 11.6 Å². The monoisotopic (exact) mass is 197 g/mol. The first kappa shape index (κ1) is 10.1. The molecule has 0 saturated carbocycles. The number of ether oxygens (including phenoxy) is 1. The number of benzene rings is 1. The van der Waals surface area contributed by atoms with Crippen molar-refractivity contribution in [3.05, 3.63) is 34.9 Å². The van der Waals surface area contributed by atoms with E-state index in [4.69, 9.17) is 22.1 Å². The van der Waals surface area contributed by atoms with Crippen molar-refractivity contribution in [2.75, 3.05) is 13.7 Å². The van der Waals surface area contributed by atoms with Crippen molar-refractivity contribution in [2.45, 2.75) is 0 Å². The molecule has 0 heterocycles. The summed E-state index contributed by atoms with van der Waals surface area (Å²) >= 11 is 5.92. The molecule has 2 N–H and O–H groups in total. The number of hydrogen-bond acceptors (Lipinski definition) is 2. The minimum atomic E-state index is 0.531. The molecule has 0 atom stereocenters. The summed E-state index contributed by atoms with van der Waals surface area (Å²) in [5, 5.41) is 0.613. The number of rotatable bonds is 3. The third kappa shape index (κ3) is 2.76. The second-order valence-corrected chi connectivity index (χ2v) is 2.94. The van der Waals surface area contributed by atoms with Gasteiger partial charge in [-0.05, 0) is 17.7 Å². The lowest BCUT2D eigenvalue weighted by Crippen LogP contribution is -1.92. The zero-order valence-corrected chi connectivity index (χ0v) is 8.21. The van der Waals surface area contributed by atoms with Crippen LogP contribution < -0.4 is 10.5 Å². The molecule has 0 aliphatic carbocycles. The summed E-state index contributed by atoms with van der Waals surface area (Å²) in [6.07, 6.45) is 3.80. The number of halogens is 1. The molecular weight excluding hydrogens is 186 g/mol. The summed E-state index contributed by atoms with van der Waals surface area (Å²) < 4.78 is 5.02. The van der Waals surface area contributed by atoms with Gasteiger partial charge in [0.25, 0.3) is 0 Å². The molecule has 0 aromatic heterocycles. The average molecular weight is 198 g/mol. The van der Waals surface area contributed by atoms with E-state index in [0.717, 1.165) is 5.56 Å². The van der Waals surface area contributed by atoms with Crippen LogP contribution in [-0.2, 0) is 0 Å². The standard InChI is InChI=1S/C10H12ClNO/c1-13-10-5-4-8(3-2-6-12)7-9(10)11/h2-5,7H,6,12H2,1H3/b3-2+. The minimum absolute atomic E-state index is 0.531. The summed E-state index contributed by atoms with van der Waals surface area (Å²) in [5.74, 6) is 0.687. The van der Waals surface area contributed by atoms with Gasteiger partial charge >= 0.3 is 0 Å². The van der Waals surface area contributed by atoms with E-state index in [1.165, 1.54) is 0 Å². The lowest BCUT2D eigenvalue weighted by atomic mass is 10.2. The second kappa shape index (κ2) is 4.90. The predicted molar refractivity (Wildman–Crippen MR) is 56.1 cm³/mol. The third-order valence-electron chi connectivity index (χ3n) is 1.62. The van der Waals surface area contributed by atoms with Crippen LogP contribution in [0.1, 0.15) is 5.56 Å². The van der Waals surface area contributed by atoms with Crippen LogP contribution in [0.2, 0.25) is 5.02 Å². The van der Waals surface area contributed by atoms with Crippen LogP contribution in [0.4, 0.5) is 0 Å². The van der Waals surface area contributed by atoms with E-state index in [2.05, 4.69) is 0 Å². The number of methoxy groups -OCH3 is 1. The van der Waals surface area contributed by atoms with Crippen LogP contribution in [0.25, 0.3) is 6.08 Å².